The number of nitrogens with one attached hydrogen (secondary N) is 2. The lowest BCUT2D eigenvalue weighted by Crippen LogP contribution is -2.54. The van der Waals surface area contributed by atoms with Crippen molar-refractivity contribution in [3.63, 3.8) is 0 Å². The van der Waals surface area contributed by atoms with E-state index in [0.29, 0.717) is 41.6 Å². The third-order valence-corrected chi connectivity index (χ3v) is 13.5. The molecule has 1 heterocycles. The van der Waals surface area contributed by atoms with Crippen LogP contribution in [-0.2, 0) is 30.5 Å². The van der Waals surface area contributed by atoms with E-state index in [4.69, 9.17) is 9.47 Å². The van der Waals surface area contributed by atoms with Gasteiger partial charge >= 0.3 is 11.9 Å². The predicted molar refractivity (Wildman–Crippen MR) is 174 cm³/mol. The number of benzene rings is 1. The van der Waals surface area contributed by atoms with Crippen molar-refractivity contribution < 1.29 is 23.9 Å². The van der Waals surface area contributed by atoms with Crippen LogP contribution in [-0.4, -0.2) is 43.1 Å². The van der Waals surface area contributed by atoms with E-state index in [1.807, 2.05) is 30.3 Å². The van der Waals surface area contributed by atoms with Crippen molar-refractivity contribution in [2.75, 3.05) is 13.1 Å². The quantitative estimate of drug-likeness (QED) is 0.287. The molecule has 248 valence electrons. The first-order valence-electron chi connectivity index (χ1n) is 18.1. The lowest BCUT2D eigenvalue weighted by molar-refractivity contribution is -0.162. The molecule has 10 atom stereocenters. The van der Waals surface area contributed by atoms with Crippen molar-refractivity contribution in [2.45, 2.75) is 123 Å². The Hall–Kier alpha value is -2.41. The third-order valence-electron chi connectivity index (χ3n) is 13.5. The standard InChI is InChI=1S/C38H56N2O5/c1-25(11-16-34(41)44-24-26-8-5-4-6-9-26)30-14-15-31-29-13-12-27-22-28(17-19-37(27,2)32(29)18-20-38(30,31)3)45-35(42)23-40-36(43)33-10-7-21-39-33/h4-6,8-9,25,27-33,39H,7,10-24H2,1-3H3,(H,40,43)/t25-,27+,28+,29-,30+,31-,32-,33+,37-,38+/m0/s1. The van der Waals surface area contributed by atoms with Crippen molar-refractivity contribution in [1.29, 1.82) is 0 Å². The smallest absolute Gasteiger partial charge is 0.325 e. The number of esters is 2. The normalized spacial score (nSPS) is 37.9. The number of amides is 1. The SMILES string of the molecule is C[C@@H](CCC(=O)OCc1ccccc1)[C@H]1CC[C@H]2[C@@H]3CC[C@@H]4C[C@H](OC(=O)CNC(=O)[C@H]5CCCN5)CC[C@]4(C)[C@H]3CC[C@]12C. The van der Waals surface area contributed by atoms with Gasteiger partial charge in [0.1, 0.15) is 19.3 Å². The number of carbonyl (C=O) groups excluding carboxylic acids is 3. The fourth-order valence-electron chi connectivity index (χ4n) is 11.1. The van der Waals surface area contributed by atoms with Crippen molar-refractivity contribution in [3.05, 3.63) is 35.9 Å². The molecule has 45 heavy (non-hydrogen) atoms. The Balaban J connectivity index is 0.984. The highest BCUT2D eigenvalue weighted by atomic mass is 16.5. The third kappa shape index (κ3) is 6.84. The Kier molecular flexibility index (Phi) is 9.94. The summed E-state index contributed by atoms with van der Waals surface area (Å²) in [6, 6.07) is 9.76. The van der Waals surface area contributed by atoms with E-state index in [-0.39, 0.29) is 36.5 Å². The number of hydrogen-bond acceptors (Lipinski definition) is 6. The van der Waals surface area contributed by atoms with Crippen LogP contribution in [0.2, 0.25) is 0 Å². The Morgan fingerprint density at radius 1 is 0.933 bits per heavy atom. The predicted octanol–water partition coefficient (Wildman–Crippen LogP) is 6.59. The summed E-state index contributed by atoms with van der Waals surface area (Å²) < 4.78 is 11.5. The van der Waals surface area contributed by atoms with Gasteiger partial charge in [-0.3, -0.25) is 14.4 Å². The first-order valence-corrected chi connectivity index (χ1v) is 18.1. The van der Waals surface area contributed by atoms with E-state index in [0.717, 1.165) is 68.4 Å². The Morgan fingerprint density at radius 3 is 2.49 bits per heavy atom. The average molecular weight is 621 g/mol. The van der Waals surface area contributed by atoms with Gasteiger partial charge in [-0.15, -0.1) is 0 Å². The highest BCUT2D eigenvalue weighted by Gasteiger charge is 2.60. The summed E-state index contributed by atoms with van der Waals surface area (Å²) >= 11 is 0. The zero-order valence-electron chi connectivity index (χ0n) is 27.9. The molecule has 0 spiro atoms. The molecule has 1 aliphatic heterocycles. The van der Waals surface area contributed by atoms with Crippen molar-refractivity contribution in [2.24, 2.45) is 46.3 Å². The van der Waals surface area contributed by atoms with Gasteiger partial charge in [0.05, 0.1) is 6.04 Å². The average Bonchev–Trinajstić information content (AvgIpc) is 3.70. The van der Waals surface area contributed by atoms with Gasteiger partial charge in [-0.05, 0) is 135 Å². The van der Waals surface area contributed by atoms with Crippen LogP contribution in [0.3, 0.4) is 0 Å². The highest BCUT2D eigenvalue weighted by molar-refractivity contribution is 5.85. The van der Waals surface area contributed by atoms with Gasteiger partial charge in [0, 0.05) is 6.42 Å². The van der Waals surface area contributed by atoms with Gasteiger partial charge < -0.3 is 20.1 Å². The van der Waals surface area contributed by atoms with E-state index in [2.05, 4.69) is 31.4 Å². The van der Waals surface area contributed by atoms with E-state index in [1.54, 1.807) is 0 Å². The lowest BCUT2D eigenvalue weighted by atomic mass is 9.44. The number of carbonyl (C=O) groups is 3. The second kappa shape index (κ2) is 13.8. The van der Waals surface area contributed by atoms with Crippen molar-refractivity contribution in [3.8, 4) is 0 Å². The van der Waals surface area contributed by atoms with Gasteiger partial charge in [0.25, 0.3) is 0 Å². The number of hydrogen-bond donors (Lipinski definition) is 2. The summed E-state index contributed by atoms with van der Waals surface area (Å²) in [7, 11) is 0. The van der Waals surface area contributed by atoms with Gasteiger partial charge in [-0.2, -0.15) is 0 Å². The fraction of sp³-hybridized carbons (Fsp3) is 0.763. The van der Waals surface area contributed by atoms with Crippen LogP contribution in [0.5, 0.6) is 0 Å². The lowest BCUT2D eigenvalue weighted by Gasteiger charge is -2.61. The van der Waals surface area contributed by atoms with E-state index in [1.165, 1.54) is 38.5 Å². The molecule has 1 aromatic rings. The van der Waals surface area contributed by atoms with Gasteiger partial charge in [-0.25, -0.2) is 0 Å². The zero-order chi connectivity index (χ0) is 31.6. The molecule has 1 amide bonds. The largest absolute Gasteiger partial charge is 0.461 e. The Morgan fingerprint density at radius 2 is 1.71 bits per heavy atom. The summed E-state index contributed by atoms with van der Waals surface area (Å²) in [4.78, 5) is 37.5. The molecule has 5 fully saturated rings. The van der Waals surface area contributed by atoms with Crippen LogP contribution in [0.15, 0.2) is 30.3 Å². The van der Waals surface area contributed by atoms with E-state index < -0.39 is 0 Å². The van der Waals surface area contributed by atoms with Gasteiger partial charge in [0.15, 0.2) is 0 Å². The molecule has 0 radical (unpaired) electrons. The first kappa shape index (κ1) is 32.5. The maximum absolute atomic E-state index is 12.6. The molecule has 7 nitrogen and oxygen atoms in total. The molecular formula is C38H56N2O5. The minimum Gasteiger partial charge on any atom is -0.461 e. The second-order valence-corrected chi connectivity index (χ2v) is 15.8. The molecule has 5 aliphatic rings. The van der Waals surface area contributed by atoms with Crippen LogP contribution in [0.25, 0.3) is 0 Å². The summed E-state index contributed by atoms with van der Waals surface area (Å²) in [6.45, 7) is 8.71. The maximum Gasteiger partial charge on any atom is 0.325 e. The maximum atomic E-state index is 12.6. The molecule has 0 bridgehead atoms. The number of ether oxygens (including phenoxy) is 2. The number of rotatable bonds is 10. The molecule has 4 saturated carbocycles. The molecule has 6 rings (SSSR count). The molecule has 0 unspecified atom stereocenters. The van der Waals surface area contributed by atoms with Gasteiger partial charge in [-0.1, -0.05) is 51.1 Å². The molecule has 2 N–H and O–H groups in total. The minimum absolute atomic E-state index is 0.0291. The minimum atomic E-state index is -0.298. The van der Waals surface area contributed by atoms with Crippen LogP contribution in [0.1, 0.15) is 110 Å². The first-order chi connectivity index (χ1) is 21.7. The Bertz CT molecular complexity index is 1200. The van der Waals surface area contributed by atoms with E-state index >= 15 is 0 Å². The fourth-order valence-corrected chi connectivity index (χ4v) is 11.1. The van der Waals surface area contributed by atoms with Crippen molar-refractivity contribution >= 4 is 17.8 Å². The number of fused-ring (bicyclic) bond motifs is 5. The summed E-state index contributed by atoms with van der Waals surface area (Å²) in [5.74, 6) is 3.66. The van der Waals surface area contributed by atoms with Crippen LogP contribution < -0.4 is 10.6 Å². The zero-order valence-corrected chi connectivity index (χ0v) is 27.9. The second-order valence-electron chi connectivity index (χ2n) is 15.8. The molecule has 0 aromatic heterocycles. The topological polar surface area (TPSA) is 93.7 Å². The summed E-state index contributed by atoms with van der Waals surface area (Å²) in [5, 5.41) is 5.96. The molecule has 4 aliphatic carbocycles. The van der Waals surface area contributed by atoms with Crippen LogP contribution >= 0.6 is 0 Å². The van der Waals surface area contributed by atoms with Crippen LogP contribution in [0.4, 0.5) is 0 Å². The van der Waals surface area contributed by atoms with Crippen LogP contribution in [0, 0.1) is 46.3 Å². The molecule has 7 heteroatoms. The summed E-state index contributed by atoms with van der Waals surface area (Å²) in [5.41, 5.74) is 1.72. The monoisotopic (exact) mass is 620 g/mol. The van der Waals surface area contributed by atoms with Crippen molar-refractivity contribution in [1.82, 2.24) is 10.6 Å². The molecular weight excluding hydrogens is 564 g/mol. The highest BCUT2D eigenvalue weighted by Crippen LogP contribution is 2.68. The van der Waals surface area contributed by atoms with Gasteiger partial charge in [0.2, 0.25) is 5.91 Å². The Labute approximate surface area is 270 Å². The summed E-state index contributed by atoms with van der Waals surface area (Å²) in [6.07, 6.45) is 14.0. The van der Waals surface area contributed by atoms with E-state index in [9.17, 15) is 14.4 Å². The molecule has 1 saturated heterocycles. The molecule has 1 aromatic carbocycles.